The molecule has 0 fully saturated rings. The van der Waals surface area contributed by atoms with Gasteiger partial charge in [-0.1, -0.05) is 35.8 Å². The van der Waals surface area contributed by atoms with Crippen molar-refractivity contribution in [3.63, 3.8) is 0 Å². The van der Waals surface area contributed by atoms with E-state index >= 15 is 0 Å². The van der Waals surface area contributed by atoms with Crippen LogP contribution in [0, 0.1) is 0 Å². The lowest BCUT2D eigenvalue weighted by Crippen LogP contribution is -2.42. The smallest absolute Gasteiger partial charge is 0.246 e. The van der Waals surface area contributed by atoms with Crippen LogP contribution in [0.15, 0.2) is 33.8 Å². The van der Waals surface area contributed by atoms with Gasteiger partial charge in [0, 0.05) is 13.7 Å². The predicted molar refractivity (Wildman–Crippen MR) is 109 cm³/mol. The van der Waals surface area contributed by atoms with Crippen molar-refractivity contribution >= 4 is 17.6 Å². The highest BCUT2D eigenvalue weighted by Crippen LogP contribution is 2.24. The molecule has 28 heavy (non-hydrogen) atoms. The third-order valence-electron chi connectivity index (χ3n) is 3.98. The van der Waals surface area contributed by atoms with E-state index in [0.717, 1.165) is 6.42 Å². The van der Waals surface area contributed by atoms with Gasteiger partial charge in [-0.05, 0) is 32.4 Å². The lowest BCUT2D eigenvalue weighted by atomic mass is 10.2. The number of aliphatic imine (C=N–C) groups is 1. The minimum absolute atomic E-state index is 0.0551. The van der Waals surface area contributed by atoms with Gasteiger partial charge in [0.2, 0.25) is 5.89 Å². The molecule has 0 radical (unpaired) electrons. The third kappa shape index (κ3) is 6.69. The zero-order chi connectivity index (χ0) is 20.4. The fourth-order valence-corrected chi connectivity index (χ4v) is 2.59. The lowest BCUT2D eigenvalue weighted by Gasteiger charge is -2.20. The minimum Gasteiger partial charge on any atom is -0.487 e. The maximum atomic E-state index is 6.16. The quantitative estimate of drug-likeness (QED) is 0.459. The van der Waals surface area contributed by atoms with Gasteiger partial charge < -0.3 is 24.6 Å². The van der Waals surface area contributed by atoms with Crippen molar-refractivity contribution in [2.75, 3.05) is 20.2 Å². The van der Waals surface area contributed by atoms with Gasteiger partial charge >= 0.3 is 0 Å². The van der Waals surface area contributed by atoms with Gasteiger partial charge in [-0.15, -0.1) is 0 Å². The molecule has 0 aliphatic carbocycles. The molecule has 154 valence electrons. The van der Waals surface area contributed by atoms with Gasteiger partial charge in [-0.25, -0.2) is 0 Å². The molecule has 0 amide bonds. The van der Waals surface area contributed by atoms with Crippen LogP contribution >= 0.6 is 11.6 Å². The van der Waals surface area contributed by atoms with Crippen LogP contribution in [0.25, 0.3) is 0 Å². The zero-order valence-corrected chi connectivity index (χ0v) is 17.5. The fourth-order valence-electron chi connectivity index (χ4n) is 2.41. The molecule has 0 bridgehead atoms. The number of rotatable bonds is 10. The number of nitrogens with zero attached hydrogens (tertiary/aromatic N) is 3. The molecule has 1 heterocycles. The summed E-state index contributed by atoms with van der Waals surface area (Å²) in [6.07, 6.45) is 0.560. The fraction of sp³-hybridized carbons (Fsp3) is 0.526. The largest absolute Gasteiger partial charge is 0.487 e. The summed E-state index contributed by atoms with van der Waals surface area (Å²) in [5.41, 5.74) is 0. The van der Waals surface area contributed by atoms with Crippen LogP contribution in [-0.2, 0) is 11.3 Å². The summed E-state index contributed by atoms with van der Waals surface area (Å²) in [7, 11) is 1.70. The molecule has 0 saturated carbocycles. The maximum absolute atomic E-state index is 6.16. The molecule has 9 heteroatoms. The summed E-state index contributed by atoms with van der Waals surface area (Å²) in [6.45, 7) is 7.38. The summed E-state index contributed by atoms with van der Waals surface area (Å²) >= 11 is 6.16. The predicted octanol–water partition coefficient (Wildman–Crippen LogP) is 3.34. The zero-order valence-electron chi connectivity index (χ0n) is 16.7. The number of hydrogen-bond donors (Lipinski definition) is 2. The molecule has 2 aromatic rings. The number of para-hydroxylation sites is 1. The first-order valence-corrected chi connectivity index (χ1v) is 9.74. The number of nitrogens with one attached hydrogen (secondary N) is 2. The van der Waals surface area contributed by atoms with Crippen molar-refractivity contribution in [2.45, 2.75) is 45.9 Å². The molecule has 0 aliphatic rings. The Bertz CT molecular complexity index is 753. The van der Waals surface area contributed by atoms with E-state index in [1.165, 1.54) is 0 Å². The SMILES string of the molecule is CCOC(C)c1noc(CNC(=NC)NCC(CC)Oc2ccccc2Cl)n1. The van der Waals surface area contributed by atoms with Crippen LogP contribution in [0.4, 0.5) is 0 Å². The molecule has 1 aromatic heterocycles. The van der Waals surface area contributed by atoms with Gasteiger partial charge in [0.25, 0.3) is 0 Å². The van der Waals surface area contributed by atoms with E-state index < -0.39 is 0 Å². The van der Waals surface area contributed by atoms with Crippen LogP contribution in [0.3, 0.4) is 0 Å². The molecule has 2 atom stereocenters. The Morgan fingerprint density at radius 2 is 2.07 bits per heavy atom. The Morgan fingerprint density at radius 1 is 1.29 bits per heavy atom. The van der Waals surface area contributed by atoms with Crippen molar-refractivity contribution in [2.24, 2.45) is 4.99 Å². The van der Waals surface area contributed by atoms with E-state index in [2.05, 4.69) is 32.7 Å². The monoisotopic (exact) mass is 409 g/mol. The second kappa shape index (κ2) is 11.5. The second-order valence-corrected chi connectivity index (χ2v) is 6.44. The summed E-state index contributed by atoms with van der Waals surface area (Å²) < 4.78 is 16.7. The Morgan fingerprint density at radius 3 is 2.75 bits per heavy atom. The van der Waals surface area contributed by atoms with Crippen molar-refractivity contribution in [3.8, 4) is 5.75 Å². The van der Waals surface area contributed by atoms with E-state index in [9.17, 15) is 0 Å². The van der Waals surface area contributed by atoms with Crippen LogP contribution in [-0.4, -0.2) is 42.4 Å². The average molecular weight is 410 g/mol. The topological polar surface area (TPSA) is 93.8 Å². The van der Waals surface area contributed by atoms with Gasteiger partial charge in [0.05, 0.1) is 18.1 Å². The van der Waals surface area contributed by atoms with E-state index in [0.29, 0.717) is 48.1 Å². The molecule has 1 aromatic carbocycles. The molecular weight excluding hydrogens is 382 g/mol. The van der Waals surface area contributed by atoms with E-state index in [-0.39, 0.29) is 12.2 Å². The van der Waals surface area contributed by atoms with E-state index in [1.54, 1.807) is 7.05 Å². The number of halogens is 1. The molecule has 0 saturated heterocycles. The first-order chi connectivity index (χ1) is 13.6. The van der Waals surface area contributed by atoms with Crippen LogP contribution < -0.4 is 15.4 Å². The minimum atomic E-state index is -0.202. The normalized spacial score (nSPS) is 13.8. The first-order valence-electron chi connectivity index (χ1n) is 9.37. The van der Waals surface area contributed by atoms with Crippen molar-refractivity contribution < 1.29 is 14.0 Å². The number of hydrogen-bond acceptors (Lipinski definition) is 6. The number of benzene rings is 1. The molecule has 2 unspecified atom stereocenters. The van der Waals surface area contributed by atoms with E-state index in [4.69, 9.17) is 25.6 Å². The summed E-state index contributed by atoms with van der Waals surface area (Å²) in [4.78, 5) is 8.53. The first kappa shape index (κ1) is 22.0. The van der Waals surface area contributed by atoms with Crippen molar-refractivity contribution in [3.05, 3.63) is 41.0 Å². The lowest BCUT2D eigenvalue weighted by molar-refractivity contribution is 0.0683. The molecular formula is C19H28ClN5O3. The highest BCUT2D eigenvalue weighted by Gasteiger charge is 2.15. The third-order valence-corrected chi connectivity index (χ3v) is 4.29. The van der Waals surface area contributed by atoms with Crippen LogP contribution in [0.1, 0.15) is 45.0 Å². The number of guanidine groups is 1. The average Bonchev–Trinajstić information content (AvgIpc) is 3.18. The molecule has 8 nitrogen and oxygen atoms in total. The van der Waals surface area contributed by atoms with Crippen molar-refractivity contribution in [1.82, 2.24) is 20.8 Å². The molecule has 2 rings (SSSR count). The van der Waals surface area contributed by atoms with Gasteiger partial charge in [0.15, 0.2) is 11.8 Å². The van der Waals surface area contributed by atoms with Crippen LogP contribution in [0.5, 0.6) is 5.75 Å². The van der Waals surface area contributed by atoms with Gasteiger partial charge in [0.1, 0.15) is 18.0 Å². The highest BCUT2D eigenvalue weighted by molar-refractivity contribution is 6.32. The second-order valence-electron chi connectivity index (χ2n) is 6.03. The standard InChI is InChI=1S/C19H28ClN5O3/c1-5-14(27-16-10-8-7-9-15(16)20)11-22-19(21-4)23-12-17-24-18(25-28-17)13(3)26-6-2/h7-10,13-14H,5-6,11-12H2,1-4H3,(H2,21,22,23). The summed E-state index contributed by atoms with van der Waals surface area (Å²) in [5, 5.41) is 10.9. The van der Waals surface area contributed by atoms with Gasteiger partial charge in [-0.3, -0.25) is 4.99 Å². The molecule has 0 aliphatic heterocycles. The number of aromatic nitrogens is 2. The van der Waals surface area contributed by atoms with E-state index in [1.807, 2.05) is 38.1 Å². The maximum Gasteiger partial charge on any atom is 0.246 e. The molecule has 2 N–H and O–H groups in total. The Kier molecular flexibility index (Phi) is 9.03. The Hall–Kier alpha value is -2.32. The van der Waals surface area contributed by atoms with Gasteiger partial charge in [-0.2, -0.15) is 4.98 Å². The Balaban J connectivity index is 1.82. The summed E-state index contributed by atoms with van der Waals surface area (Å²) in [6, 6.07) is 7.43. The molecule has 0 spiro atoms. The number of ether oxygens (including phenoxy) is 2. The Labute approximate surface area is 170 Å². The summed E-state index contributed by atoms with van der Waals surface area (Å²) in [5.74, 6) is 2.27. The van der Waals surface area contributed by atoms with Crippen LogP contribution in [0.2, 0.25) is 5.02 Å². The van der Waals surface area contributed by atoms with Crippen molar-refractivity contribution in [1.29, 1.82) is 0 Å². The highest BCUT2D eigenvalue weighted by atomic mass is 35.5.